The maximum Gasteiger partial charge on any atom is 0.242 e. The first-order chi connectivity index (χ1) is 8.16. The van der Waals surface area contributed by atoms with Gasteiger partial charge in [0.15, 0.2) is 0 Å². The molecule has 0 aliphatic carbocycles. The van der Waals surface area contributed by atoms with E-state index >= 15 is 0 Å². The lowest BCUT2D eigenvalue weighted by molar-refractivity contribution is -0.129. The number of amides is 1. The number of rotatable bonds is 3. The Morgan fingerprint density at radius 1 is 1.41 bits per heavy atom. The topological polar surface area (TPSA) is 32.3 Å². The Morgan fingerprint density at radius 2 is 2.12 bits per heavy atom. The van der Waals surface area contributed by atoms with Gasteiger partial charge in [-0.2, -0.15) is 0 Å². The molecule has 1 N–H and O–H groups in total. The lowest BCUT2D eigenvalue weighted by Crippen LogP contribution is -2.37. The van der Waals surface area contributed by atoms with Crippen molar-refractivity contribution in [3.63, 3.8) is 0 Å². The minimum Gasteiger partial charge on any atom is -0.376 e. The number of hydrogen-bond acceptors (Lipinski definition) is 2. The highest BCUT2D eigenvalue weighted by Crippen LogP contribution is 2.16. The molecule has 1 atom stereocenters. The molecule has 2 rings (SSSR count). The van der Waals surface area contributed by atoms with E-state index in [0.29, 0.717) is 12.6 Å². The predicted molar refractivity (Wildman–Crippen MR) is 70.1 cm³/mol. The van der Waals surface area contributed by atoms with E-state index in [0.717, 1.165) is 25.1 Å². The fourth-order valence-corrected chi connectivity index (χ4v) is 2.25. The number of benzene rings is 1. The third-order valence-electron chi connectivity index (χ3n) is 3.37. The molecule has 1 aromatic carbocycles. The molecule has 0 aromatic heterocycles. The fourth-order valence-electron chi connectivity index (χ4n) is 2.25. The van der Waals surface area contributed by atoms with Gasteiger partial charge >= 0.3 is 0 Å². The molecule has 0 radical (unpaired) electrons. The van der Waals surface area contributed by atoms with Crippen molar-refractivity contribution in [1.82, 2.24) is 4.90 Å². The number of carbonyl (C=O) groups excluding carboxylic acids is 1. The average molecular weight is 232 g/mol. The predicted octanol–water partition coefficient (Wildman–Crippen LogP) is 2.42. The van der Waals surface area contributed by atoms with Crippen LogP contribution in [0.4, 0.5) is 5.69 Å². The molecule has 1 heterocycles. The van der Waals surface area contributed by atoms with Crippen molar-refractivity contribution in [2.24, 2.45) is 0 Å². The number of nitrogens with zero attached hydrogens (tertiary/aromatic N) is 1. The molecule has 17 heavy (non-hydrogen) atoms. The van der Waals surface area contributed by atoms with Gasteiger partial charge in [-0.15, -0.1) is 0 Å². The van der Waals surface area contributed by atoms with Crippen LogP contribution in [0.25, 0.3) is 0 Å². The minimum atomic E-state index is 0.204. The Balaban J connectivity index is 1.85. The van der Waals surface area contributed by atoms with E-state index in [9.17, 15) is 4.79 Å². The zero-order valence-corrected chi connectivity index (χ0v) is 10.6. The second-order valence-corrected chi connectivity index (χ2v) is 4.80. The van der Waals surface area contributed by atoms with E-state index in [4.69, 9.17) is 0 Å². The van der Waals surface area contributed by atoms with E-state index in [1.807, 2.05) is 29.2 Å². The highest BCUT2D eigenvalue weighted by atomic mass is 16.2. The summed E-state index contributed by atoms with van der Waals surface area (Å²) in [6, 6.07) is 8.52. The van der Waals surface area contributed by atoms with Crippen LogP contribution in [0, 0.1) is 6.92 Å². The monoisotopic (exact) mass is 232 g/mol. The first kappa shape index (κ1) is 12.0. The second kappa shape index (κ2) is 5.21. The maximum atomic E-state index is 12.0. The second-order valence-electron chi connectivity index (χ2n) is 4.80. The largest absolute Gasteiger partial charge is 0.376 e. The lowest BCUT2D eigenvalue weighted by Gasteiger charge is -2.21. The third-order valence-corrected chi connectivity index (χ3v) is 3.37. The molecule has 0 saturated carbocycles. The molecule has 1 saturated heterocycles. The van der Waals surface area contributed by atoms with Crippen molar-refractivity contribution in [1.29, 1.82) is 0 Å². The van der Waals surface area contributed by atoms with E-state index < -0.39 is 0 Å². The van der Waals surface area contributed by atoms with Gasteiger partial charge in [0.25, 0.3) is 0 Å². The zero-order valence-electron chi connectivity index (χ0n) is 10.6. The van der Waals surface area contributed by atoms with Crippen molar-refractivity contribution >= 4 is 11.6 Å². The molecule has 1 aromatic rings. The lowest BCUT2D eigenvalue weighted by atomic mass is 10.2. The molecule has 1 amide bonds. The summed E-state index contributed by atoms with van der Waals surface area (Å²) >= 11 is 0. The van der Waals surface area contributed by atoms with Gasteiger partial charge in [-0.3, -0.25) is 4.79 Å². The maximum absolute atomic E-state index is 12.0. The normalized spacial score (nSPS) is 19.4. The van der Waals surface area contributed by atoms with Gasteiger partial charge in [-0.1, -0.05) is 17.7 Å². The Kier molecular flexibility index (Phi) is 3.67. The average Bonchev–Trinajstić information content (AvgIpc) is 2.74. The smallest absolute Gasteiger partial charge is 0.242 e. The molecule has 3 heteroatoms. The Labute approximate surface area is 103 Å². The van der Waals surface area contributed by atoms with Gasteiger partial charge in [-0.25, -0.2) is 0 Å². The van der Waals surface area contributed by atoms with Crippen molar-refractivity contribution in [2.75, 3.05) is 18.4 Å². The Bertz CT molecular complexity index is 386. The van der Waals surface area contributed by atoms with Crippen LogP contribution in [-0.4, -0.2) is 29.9 Å². The van der Waals surface area contributed by atoms with E-state index in [1.54, 1.807) is 0 Å². The highest BCUT2D eigenvalue weighted by Gasteiger charge is 2.24. The van der Waals surface area contributed by atoms with Gasteiger partial charge in [-0.05, 0) is 38.8 Å². The summed E-state index contributed by atoms with van der Waals surface area (Å²) in [7, 11) is 0. The molecule has 92 valence electrons. The molecule has 3 nitrogen and oxygen atoms in total. The van der Waals surface area contributed by atoms with Crippen LogP contribution in [0.15, 0.2) is 24.3 Å². The third kappa shape index (κ3) is 2.99. The van der Waals surface area contributed by atoms with Gasteiger partial charge in [0.2, 0.25) is 5.91 Å². The molecule has 1 aliphatic heterocycles. The summed E-state index contributed by atoms with van der Waals surface area (Å²) in [6.07, 6.45) is 2.27. The van der Waals surface area contributed by atoms with Crippen molar-refractivity contribution < 1.29 is 4.79 Å². The SMILES string of the molecule is Cc1ccc(NCC(=O)N2CCCC2C)cc1. The van der Waals surface area contributed by atoms with Gasteiger partial charge in [0.05, 0.1) is 6.54 Å². The number of aryl methyl sites for hydroxylation is 1. The number of anilines is 1. The minimum absolute atomic E-state index is 0.204. The zero-order chi connectivity index (χ0) is 12.3. The van der Waals surface area contributed by atoms with Crippen LogP contribution in [-0.2, 0) is 4.79 Å². The molecule has 0 spiro atoms. The Morgan fingerprint density at radius 3 is 2.71 bits per heavy atom. The van der Waals surface area contributed by atoms with Gasteiger partial charge in [0, 0.05) is 18.3 Å². The van der Waals surface area contributed by atoms with E-state index in [2.05, 4.69) is 19.2 Å². The summed E-state index contributed by atoms with van der Waals surface area (Å²) in [6.45, 7) is 5.49. The van der Waals surface area contributed by atoms with Gasteiger partial charge in [0.1, 0.15) is 0 Å². The quantitative estimate of drug-likeness (QED) is 0.868. The Hall–Kier alpha value is -1.51. The van der Waals surface area contributed by atoms with Crippen LogP contribution in [0.1, 0.15) is 25.3 Å². The van der Waals surface area contributed by atoms with E-state index in [-0.39, 0.29) is 5.91 Å². The van der Waals surface area contributed by atoms with Crippen LogP contribution in [0.3, 0.4) is 0 Å². The summed E-state index contributed by atoms with van der Waals surface area (Å²) in [5.41, 5.74) is 2.24. The molecule has 1 fully saturated rings. The van der Waals surface area contributed by atoms with Crippen molar-refractivity contribution in [2.45, 2.75) is 32.7 Å². The first-order valence-corrected chi connectivity index (χ1v) is 6.27. The van der Waals surface area contributed by atoms with Crippen molar-refractivity contribution in [3.8, 4) is 0 Å². The van der Waals surface area contributed by atoms with E-state index in [1.165, 1.54) is 5.56 Å². The molecule has 1 aliphatic rings. The summed E-state index contributed by atoms with van der Waals surface area (Å²) in [5.74, 6) is 0.204. The van der Waals surface area contributed by atoms with Crippen LogP contribution >= 0.6 is 0 Å². The molecule has 1 unspecified atom stereocenters. The molecule has 0 bridgehead atoms. The number of likely N-dealkylation sites (tertiary alicyclic amines) is 1. The summed E-state index contributed by atoms with van der Waals surface area (Å²) in [4.78, 5) is 13.9. The summed E-state index contributed by atoms with van der Waals surface area (Å²) < 4.78 is 0. The standard InChI is InChI=1S/C14H20N2O/c1-11-5-7-13(8-6-11)15-10-14(17)16-9-3-4-12(16)2/h5-8,12,15H,3-4,9-10H2,1-2H3. The first-order valence-electron chi connectivity index (χ1n) is 6.27. The van der Waals surface area contributed by atoms with Gasteiger partial charge < -0.3 is 10.2 Å². The number of hydrogen-bond donors (Lipinski definition) is 1. The molecular weight excluding hydrogens is 212 g/mol. The number of nitrogens with one attached hydrogen (secondary N) is 1. The van der Waals surface area contributed by atoms with Crippen LogP contribution < -0.4 is 5.32 Å². The van der Waals surface area contributed by atoms with Crippen LogP contribution in [0.5, 0.6) is 0 Å². The van der Waals surface area contributed by atoms with Crippen molar-refractivity contribution in [3.05, 3.63) is 29.8 Å². The molecular formula is C14H20N2O. The van der Waals surface area contributed by atoms with Crippen LogP contribution in [0.2, 0.25) is 0 Å². The fraction of sp³-hybridized carbons (Fsp3) is 0.500. The highest BCUT2D eigenvalue weighted by molar-refractivity contribution is 5.81. The number of carbonyl (C=O) groups is 1. The summed E-state index contributed by atoms with van der Waals surface area (Å²) in [5, 5.41) is 3.18.